The number of nitrogens with one attached hydrogen (secondary N) is 2. The fourth-order valence-corrected chi connectivity index (χ4v) is 3.86. The van der Waals surface area contributed by atoms with Gasteiger partial charge in [0.15, 0.2) is 0 Å². The van der Waals surface area contributed by atoms with Crippen molar-refractivity contribution >= 4 is 23.2 Å². The minimum Gasteiger partial charge on any atom is -0.497 e. The molecule has 0 aliphatic carbocycles. The van der Waals surface area contributed by atoms with Crippen LogP contribution in [0.5, 0.6) is 23.0 Å². The maximum absolute atomic E-state index is 13.5. The maximum atomic E-state index is 13.5. The number of carbonyl (C=O) groups excluding carboxylic acids is 2. The van der Waals surface area contributed by atoms with Gasteiger partial charge in [0, 0.05) is 12.1 Å². The molecular weight excluding hydrogens is 484 g/mol. The number of rotatable bonds is 10. The Morgan fingerprint density at radius 2 is 0.842 bits per heavy atom. The van der Waals surface area contributed by atoms with Crippen molar-refractivity contribution in [1.29, 1.82) is 0 Å². The molecule has 3 aromatic rings. The van der Waals surface area contributed by atoms with E-state index >= 15 is 0 Å². The van der Waals surface area contributed by atoms with Gasteiger partial charge in [-0.15, -0.1) is 0 Å². The molecule has 202 valence electrons. The Hall–Kier alpha value is -4.20. The molecule has 2 N–H and O–H groups in total. The first-order valence-electron chi connectivity index (χ1n) is 12.1. The molecule has 3 rings (SSSR count). The smallest absolute Gasteiger partial charge is 0.234 e. The van der Waals surface area contributed by atoms with Crippen LogP contribution in [0.25, 0.3) is 0 Å². The molecule has 0 fully saturated rings. The van der Waals surface area contributed by atoms with Crippen LogP contribution in [0.3, 0.4) is 0 Å². The maximum Gasteiger partial charge on any atom is 0.234 e. The van der Waals surface area contributed by atoms with E-state index < -0.39 is 10.8 Å². The van der Waals surface area contributed by atoms with E-state index in [0.717, 1.165) is 11.1 Å². The average Bonchev–Trinajstić information content (AvgIpc) is 2.93. The number of anilines is 2. The normalized spacial score (nSPS) is 11.4. The van der Waals surface area contributed by atoms with E-state index in [1.807, 2.05) is 27.7 Å². The van der Waals surface area contributed by atoms with Crippen molar-refractivity contribution in [2.24, 2.45) is 0 Å². The molecule has 8 nitrogen and oxygen atoms in total. The molecule has 0 saturated carbocycles. The van der Waals surface area contributed by atoms with E-state index in [9.17, 15) is 9.59 Å². The number of hydrogen-bond donors (Lipinski definition) is 2. The lowest BCUT2D eigenvalue weighted by molar-refractivity contribution is -0.121. The van der Waals surface area contributed by atoms with Crippen LogP contribution >= 0.6 is 0 Å². The summed E-state index contributed by atoms with van der Waals surface area (Å²) in [5.41, 5.74) is 0.535. The molecule has 2 amide bonds. The highest BCUT2D eigenvalue weighted by Crippen LogP contribution is 2.35. The van der Waals surface area contributed by atoms with Crippen LogP contribution in [0.2, 0.25) is 0 Å². The van der Waals surface area contributed by atoms with Crippen LogP contribution in [-0.4, -0.2) is 40.3 Å². The first-order chi connectivity index (χ1) is 18.0. The van der Waals surface area contributed by atoms with Gasteiger partial charge in [-0.05, 0) is 75.2 Å². The van der Waals surface area contributed by atoms with Gasteiger partial charge in [-0.25, -0.2) is 0 Å². The second kappa shape index (κ2) is 11.5. The van der Waals surface area contributed by atoms with Gasteiger partial charge in [0.05, 0.1) is 50.6 Å². The van der Waals surface area contributed by atoms with Crippen molar-refractivity contribution in [1.82, 2.24) is 0 Å². The molecule has 0 bridgehead atoms. The molecule has 8 heteroatoms. The quantitative estimate of drug-likeness (QED) is 0.364. The summed E-state index contributed by atoms with van der Waals surface area (Å²) in [6, 6.07) is 17.8. The molecule has 0 aliphatic heterocycles. The summed E-state index contributed by atoms with van der Waals surface area (Å²) in [7, 11) is 6.25. The molecule has 0 aromatic heterocycles. The lowest BCUT2D eigenvalue weighted by Crippen LogP contribution is -2.36. The number of amides is 2. The minimum atomic E-state index is -0.935. The number of benzene rings is 3. The van der Waals surface area contributed by atoms with Crippen molar-refractivity contribution < 1.29 is 28.5 Å². The standard InChI is InChI=1S/C30H36N2O6/c1-29(2,19-13-21(35-5)17-22(14-19)36-6)27(33)31-25-11-9-10-12-26(25)32-28(34)30(3,4)20-15-23(37-7)18-24(16-20)38-8/h9-18H,1-8H3,(H,31,33)(H,32,34). The average molecular weight is 521 g/mol. The van der Waals surface area contributed by atoms with Crippen LogP contribution in [0.1, 0.15) is 38.8 Å². The third-order valence-electron chi connectivity index (χ3n) is 6.71. The number of methoxy groups -OCH3 is 4. The van der Waals surface area contributed by atoms with Gasteiger partial charge in [0.2, 0.25) is 11.8 Å². The van der Waals surface area contributed by atoms with Gasteiger partial charge in [-0.1, -0.05) is 12.1 Å². The number of para-hydroxylation sites is 2. The van der Waals surface area contributed by atoms with Gasteiger partial charge in [0.1, 0.15) is 23.0 Å². The van der Waals surface area contributed by atoms with E-state index in [0.29, 0.717) is 34.4 Å². The highest BCUT2D eigenvalue weighted by molar-refractivity contribution is 6.05. The molecule has 0 radical (unpaired) electrons. The SMILES string of the molecule is COc1cc(OC)cc(C(C)(C)C(=O)Nc2ccccc2NC(=O)C(C)(C)c2cc(OC)cc(OC)c2)c1. The van der Waals surface area contributed by atoms with Crippen LogP contribution < -0.4 is 29.6 Å². The third kappa shape index (κ3) is 6.02. The fraction of sp³-hybridized carbons (Fsp3) is 0.333. The Labute approximate surface area is 224 Å². The Kier molecular flexibility index (Phi) is 8.56. The van der Waals surface area contributed by atoms with Crippen molar-refractivity contribution in [3.8, 4) is 23.0 Å². The zero-order chi connectivity index (χ0) is 28.1. The van der Waals surface area contributed by atoms with Gasteiger partial charge in [-0.2, -0.15) is 0 Å². The monoisotopic (exact) mass is 520 g/mol. The predicted molar refractivity (Wildman–Crippen MR) is 149 cm³/mol. The Morgan fingerprint density at radius 3 is 1.11 bits per heavy atom. The molecular formula is C30H36N2O6. The third-order valence-corrected chi connectivity index (χ3v) is 6.71. The lowest BCUT2D eigenvalue weighted by atomic mass is 9.83. The van der Waals surface area contributed by atoms with E-state index in [4.69, 9.17) is 18.9 Å². The second-order valence-corrected chi connectivity index (χ2v) is 9.91. The van der Waals surface area contributed by atoms with Crippen molar-refractivity contribution in [3.05, 3.63) is 71.8 Å². The molecule has 0 aliphatic rings. The highest BCUT2D eigenvalue weighted by atomic mass is 16.5. The summed E-state index contributed by atoms with van der Waals surface area (Å²) >= 11 is 0. The molecule has 0 atom stereocenters. The van der Waals surface area contributed by atoms with Crippen molar-refractivity contribution in [2.45, 2.75) is 38.5 Å². The second-order valence-electron chi connectivity index (χ2n) is 9.91. The van der Waals surface area contributed by atoms with E-state index in [1.165, 1.54) is 0 Å². The summed E-state index contributed by atoms with van der Waals surface area (Å²) in [5, 5.41) is 5.96. The first kappa shape index (κ1) is 28.4. The van der Waals surface area contributed by atoms with Crippen molar-refractivity contribution in [2.75, 3.05) is 39.1 Å². The Balaban J connectivity index is 1.87. The number of hydrogen-bond acceptors (Lipinski definition) is 6. The largest absolute Gasteiger partial charge is 0.497 e. The van der Waals surface area contributed by atoms with Gasteiger partial charge in [0.25, 0.3) is 0 Å². The number of carbonyl (C=O) groups is 2. The zero-order valence-corrected chi connectivity index (χ0v) is 23.2. The zero-order valence-electron chi connectivity index (χ0n) is 23.2. The molecule has 0 heterocycles. The Morgan fingerprint density at radius 1 is 0.553 bits per heavy atom. The molecule has 0 unspecified atom stereocenters. The minimum absolute atomic E-state index is 0.258. The summed E-state index contributed by atoms with van der Waals surface area (Å²) in [4.78, 5) is 27.0. The predicted octanol–water partition coefficient (Wildman–Crippen LogP) is 5.55. The molecule has 0 saturated heterocycles. The van der Waals surface area contributed by atoms with Crippen LogP contribution in [-0.2, 0) is 20.4 Å². The van der Waals surface area contributed by atoms with Gasteiger partial charge < -0.3 is 29.6 Å². The van der Waals surface area contributed by atoms with E-state index in [2.05, 4.69) is 10.6 Å². The highest BCUT2D eigenvalue weighted by Gasteiger charge is 2.33. The topological polar surface area (TPSA) is 95.1 Å². The molecule has 3 aromatic carbocycles. The Bertz CT molecular complexity index is 1170. The number of ether oxygens (including phenoxy) is 4. The fourth-order valence-electron chi connectivity index (χ4n) is 3.86. The first-order valence-corrected chi connectivity index (χ1v) is 12.1. The van der Waals surface area contributed by atoms with Gasteiger partial charge in [-0.3, -0.25) is 9.59 Å². The van der Waals surface area contributed by atoms with E-state index in [-0.39, 0.29) is 11.8 Å². The van der Waals surface area contributed by atoms with Crippen molar-refractivity contribution in [3.63, 3.8) is 0 Å². The summed E-state index contributed by atoms with van der Waals surface area (Å²) in [6.45, 7) is 7.27. The van der Waals surface area contributed by atoms with Crippen LogP contribution in [0.4, 0.5) is 11.4 Å². The van der Waals surface area contributed by atoms with E-state index in [1.54, 1.807) is 89.1 Å². The summed E-state index contributed by atoms with van der Waals surface area (Å²) in [5.74, 6) is 1.83. The van der Waals surface area contributed by atoms with Crippen LogP contribution in [0.15, 0.2) is 60.7 Å². The molecule has 38 heavy (non-hydrogen) atoms. The summed E-state index contributed by atoms with van der Waals surface area (Å²) in [6.07, 6.45) is 0. The van der Waals surface area contributed by atoms with Gasteiger partial charge >= 0.3 is 0 Å². The summed E-state index contributed by atoms with van der Waals surface area (Å²) < 4.78 is 21.5. The van der Waals surface area contributed by atoms with Crippen LogP contribution in [0, 0.1) is 0 Å². The molecule has 0 spiro atoms. The lowest BCUT2D eigenvalue weighted by Gasteiger charge is -2.27.